The summed E-state index contributed by atoms with van der Waals surface area (Å²) < 4.78 is 10.3. The molecule has 22 heavy (non-hydrogen) atoms. The minimum atomic E-state index is -0.148. The van der Waals surface area contributed by atoms with Gasteiger partial charge in [0.1, 0.15) is 5.75 Å². The van der Waals surface area contributed by atoms with Gasteiger partial charge in [0.25, 0.3) is 5.91 Å². The molecule has 1 fully saturated rings. The lowest BCUT2D eigenvalue weighted by atomic mass is 10.1. The fraction of sp³-hybridized carbons (Fsp3) is 0.412. The molecule has 0 bridgehead atoms. The van der Waals surface area contributed by atoms with Crippen LogP contribution < -0.4 is 9.64 Å². The van der Waals surface area contributed by atoms with E-state index in [1.807, 2.05) is 31.2 Å². The molecular formula is C17H20N2O3. The minimum Gasteiger partial charge on any atom is -0.497 e. The number of amides is 1. The van der Waals surface area contributed by atoms with Crippen LogP contribution in [0.2, 0.25) is 0 Å². The zero-order valence-electron chi connectivity index (χ0n) is 13.1. The van der Waals surface area contributed by atoms with Crippen LogP contribution in [-0.4, -0.2) is 24.2 Å². The maximum Gasteiger partial charge on any atom is 0.297 e. The van der Waals surface area contributed by atoms with Gasteiger partial charge in [-0.1, -0.05) is 5.16 Å². The first-order chi connectivity index (χ1) is 10.6. The van der Waals surface area contributed by atoms with E-state index in [0.29, 0.717) is 11.6 Å². The zero-order chi connectivity index (χ0) is 15.7. The predicted octanol–water partition coefficient (Wildman–Crippen LogP) is 3.44. The van der Waals surface area contributed by atoms with E-state index >= 15 is 0 Å². The highest BCUT2D eigenvalue weighted by Crippen LogP contribution is 2.37. The molecule has 2 aromatic rings. The maximum absolute atomic E-state index is 12.8. The number of ether oxygens (including phenoxy) is 1. The Morgan fingerprint density at radius 3 is 2.55 bits per heavy atom. The van der Waals surface area contributed by atoms with Crippen LogP contribution >= 0.6 is 0 Å². The first-order valence-electron chi connectivity index (χ1n) is 7.51. The second-order valence-electron chi connectivity index (χ2n) is 5.78. The molecule has 0 N–H and O–H groups in total. The van der Waals surface area contributed by atoms with E-state index < -0.39 is 0 Å². The molecule has 0 unspecified atom stereocenters. The van der Waals surface area contributed by atoms with E-state index in [2.05, 4.69) is 12.1 Å². The Labute approximate surface area is 129 Å². The van der Waals surface area contributed by atoms with Gasteiger partial charge in [-0.05, 0) is 56.9 Å². The maximum atomic E-state index is 12.8. The summed E-state index contributed by atoms with van der Waals surface area (Å²) in [5.74, 6) is 1.45. The molecule has 5 heteroatoms. The van der Waals surface area contributed by atoms with Gasteiger partial charge in [0.15, 0.2) is 0 Å². The Morgan fingerprint density at radius 1 is 1.36 bits per heavy atom. The Bertz CT molecular complexity index is 659. The predicted molar refractivity (Wildman–Crippen MR) is 83.2 cm³/mol. The van der Waals surface area contributed by atoms with Crippen LogP contribution in [0.15, 0.2) is 34.9 Å². The largest absolute Gasteiger partial charge is 0.497 e. The molecule has 3 rings (SSSR count). The van der Waals surface area contributed by atoms with Crippen molar-refractivity contribution in [2.45, 2.75) is 32.7 Å². The van der Waals surface area contributed by atoms with E-state index in [4.69, 9.17) is 9.26 Å². The molecule has 1 aliphatic rings. The molecule has 0 radical (unpaired) electrons. The summed E-state index contributed by atoms with van der Waals surface area (Å²) in [6, 6.07) is 9.34. The molecule has 0 aliphatic heterocycles. The topological polar surface area (TPSA) is 55.6 Å². The average Bonchev–Trinajstić information content (AvgIpc) is 3.29. The molecule has 1 aromatic carbocycles. The van der Waals surface area contributed by atoms with Gasteiger partial charge in [0, 0.05) is 17.8 Å². The summed E-state index contributed by atoms with van der Waals surface area (Å²) in [7, 11) is 1.63. The number of nitrogens with zero attached hydrogens (tertiary/aromatic N) is 2. The summed E-state index contributed by atoms with van der Waals surface area (Å²) in [6.45, 7) is 3.89. The standard InChI is InChI=1S/C17H20N2O3/c1-11-10-16(22-18-11)17(20)19(12(2)13-4-5-13)14-6-8-15(21-3)9-7-14/h6-10,12-13H,4-5H2,1-3H3/t12-/m0/s1. The van der Waals surface area contributed by atoms with Crippen molar-refractivity contribution in [3.05, 3.63) is 41.8 Å². The number of benzene rings is 1. The highest BCUT2D eigenvalue weighted by atomic mass is 16.5. The van der Waals surface area contributed by atoms with Gasteiger partial charge in [-0.15, -0.1) is 0 Å². The quantitative estimate of drug-likeness (QED) is 0.849. The Morgan fingerprint density at radius 2 is 2.05 bits per heavy atom. The molecule has 1 heterocycles. The monoisotopic (exact) mass is 300 g/mol. The molecule has 0 spiro atoms. The van der Waals surface area contributed by atoms with Gasteiger partial charge in [-0.2, -0.15) is 0 Å². The van der Waals surface area contributed by atoms with Gasteiger partial charge in [0.05, 0.1) is 12.8 Å². The number of carbonyl (C=O) groups excluding carboxylic acids is 1. The molecule has 5 nitrogen and oxygen atoms in total. The van der Waals surface area contributed by atoms with Gasteiger partial charge in [-0.3, -0.25) is 4.79 Å². The Hall–Kier alpha value is -2.30. The Balaban J connectivity index is 1.93. The minimum absolute atomic E-state index is 0.131. The highest BCUT2D eigenvalue weighted by molar-refractivity contribution is 6.04. The number of methoxy groups -OCH3 is 1. The average molecular weight is 300 g/mol. The fourth-order valence-electron chi connectivity index (χ4n) is 2.65. The number of hydrogen-bond acceptors (Lipinski definition) is 4. The lowest BCUT2D eigenvalue weighted by molar-refractivity contribution is 0.0939. The van der Waals surface area contributed by atoms with Crippen LogP contribution in [0.5, 0.6) is 5.75 Å². The van der Waals surface area contributed by atoms with Crippen LogP contribution in [-0.2, 0) is 0 Å². The first kappa shape index (κ1) is 14.6. The molecule has 0 saturated heterocycles. The third-order valence-electron chi connectivity index (χ3n) is 4.12. The summed E-state index contributed by atoms with van der Waals surface area (Å²) in [6.07, 6.45) is 2.33. The molecule has 116 valence electrons. The molecule has 1 saturated carbocycles. The molecular weight excluding hydrogens is 280 g/mol. The Kier molecular flexibility index (Phi) is 3.88. The van der Waals surface area contributed by atoms with Crippen molar-refractivity contribution in [3.63, 3.8) is 0 Å². The van der Waals surface area contributed by atoms with Crippen LogP contribution in [0.3, 0.4) is 0 Å². The van der Waals surface area contributed by atoms with Gasteiger partial charge < -0.3 is 14.2 Å². The van der Waals surface area contributed by atoms with Crippen LogP contribution in [0.4, 0.5) is 5.69 Å². The number of anilines is 1. The van der Waals surface area contributed by atoms with Crippen molar-refractivity contribution >= 4 is 11.6 Å². The van der Waals surface area contributed by atoms with E-state index in [1.54, 1.807) is 18.1 Å². The van der Waals surface area contributed by atoms with Gasteiger partial charge in [0.2, 0.25) is 5.76 Å². The van der Waals surface area contributed by atoms with Crippen molar-refractivity contribution < 1.29 is 14.1 Å². The van der Waals surface area contributed by atoms with Crippen molar-refractivity contribution in [2.24, 2.45) is 5.92 Å². The first-order valence-corrected chi connectivity index (χ1v) is 7.51. The molecule has 1 aliphatic carbocycles. The summed E-state index contributed by atoms with van der Waals surface area (Å²) in [4.78, 5) is 14.7. The summed E-state index contributed by atoms with van der Waals surface area (Å²) in [5, 5.41) is 3.82. The summed E-state index contributed by atoms with van der Waals surface area (Å²) >= 11 is 0. The van der Waals surface area contributed by atoms with E-state index in [9.17, 15) is 4.79 Å². The smallest absolute Gasteiger partial charge is 0.297 e. The number of aromatic nitrogens is 1. The number of rotatable bonds is 5. The van der Waals surface area contributed by atoms with E-state index in [0.717, 1.165) is 24.3 Å². The second-order valence-corrected chi connectivity index (χ2v) is 5.78. The lowest BCUT2D eigenvalue weighted by Crippen LogP contribution is -2.40. The molecule has 1 aromatic heterocycles. The second kappa shape index (κ2) is 5.83. The lowest BCUT2D eigenvalue weighted by Gasteiger charge is -2.28. The van der Waals surface area contributed by atoms with Crippen molar-refractivity contribution in [2.75, 3.05) is 12.0 Å². The van der Waals surface area contributed by atoms with Crippen molar-refractivity contribution in [3.8, 4) is 5.75 Å². The van der Waals surface area contributed by atoms with E-state index in [1.165, 1.54) is 0 Å². The van der Waals surface area contributed by atoms with E-state index in [-0.39, 0.29) is 17.7 Å². The van der Waals surface area contributed by atoms with Crippen molar-refractivity contribution in [1.29, 1.82) is 0 Å². The van der Waals surface area contributed by atoms with Gasteiger partial charge in [-0.25, -0.2) is 0 Å². The highest BCUT2D eigenvalue weighted by Gasteiger charge is 2.36. The number of carbonyl (C=O) groups is 1. The SMILES string of the molecule is COc1ccc(N(C(=O)c2cc(C)no2)[C@@H](C)C2CC2)cc1. The van der Waals surface area contributed by atoms with Crippen LogP contribution in [0.25, 0.3) is 0 Å². The molecule has 1 atom stereocenters. The number of aryl methyl sites for hydroxylation is 1. The van der Waals surface area contributed by atoms with Crippen LogP contribution in [0.1, 0.15) is 36.0 Å². The van der Waals surface area contributed by atoms with Crippen LogP contribution in [0, 0.1) is 12.8 Å². The van der Waals surface area contributed by atoms with Crippen molar-refractivity contribution in [1.82, 2.24) is 5.16 Å². The normalized spacial score (nSPS) is 15.4. The third kappa shape index (κ3) is 2.84. The zero-order valence-corrected chi connectivity index (χ0v) is 13.1. The fourth-order valence-corrected chi connectivity index (χ4v) is 2.65. The summed E-state index contributed by atoms with van der Waals surface area (Å²) in [5.41, 5.74) is 1.55. The van der Waals surface area contributed by atoms with Gasteiger partial charge >= 0.3 is 0 Å². The molecule has 1 amide bonds. The number of hydrogen-bond donors (Lipinski definition) is 0. The third-order valence-corrected chi connectivity index (χ3v) is 4.12.